The summed E-state index contributed by atoms with van der Waals surface area (Å²) in [6.45, 7) is 4.19. The van der Waals surface area contributed by atoms with Crippen molar-refractivity contribution in [1.82, 2.24) is 19.4 Å². The second-order valence-electron chi connectivity index (χ2n) is 6.16. The number of amides is 1. The molecule has 1 aromatic rings. The van der Waals surface area contributed by atoms with Gasteiger partial charge in [-0.3, -0.25) is 9.69 Å². The molecule has 2 fully saturated rings. The monoisotopic (exact) mass is 260 g/mol. The minimum Gasteiger partial charge on any atom is -0.334 e. The summed E-state index contributed by atoms with van der Waals surface area (Å²) in [4.78, 5) is 21.0. The van der Waals surface area contributed by atoms with Gasteiger partial charge in [0.25, 0.3) is 0 Å². The lowest BCUT2D eigenvalue weighted by molar-refractivity contribution is -0.134. The fourth-order valence-electron chi connectivity index (χ4n) is 3.89. The Morgan fingerprint density at radius 2 is 2.32 bits per heavy atom. The molecular formula is C14H20N4O. The lowest BCUT2D eigenvalue weighted by Crippen LogP contribution is -2.45. The molecule has 0 unspecified atom stereocenters. The number of carbonyl (C=O) groups is 1. The van der Waals surface area contributed by atoms with E-state index in [1.807, 2.05) is 17.4 Å². The molecule has 3 aliphatic rings. The lowest BCUT2D eigenvalue weighted by Gasteiger charge is -2.32. The van der Waals surface area contributed by atoms with Gasteiger partial charge in [0.05, 0.1) is 25.1 Å². The Kier molecular flexibility index (Phi) is 2.62. The smallest absolute Gasteiger partial charge is 0.237 e. The third-order valence-electron chi connectivity index (χ3n) is 4.98. The van der Waals surface area contributed by atoms with E-state index in [-0.39, 0.29) is 0 Å². The SMILES string of the molecule is O=C(CN1C[C@@H]2CC[C@H]1C2)N1CCn2cncc2C1. The van der Waals surface area contributed by atoms with Gasteiger partial charge in [0.15, 0.2) is 0 Å². The van der Waals surface area contributed by atoms with Gasteiger partial charge in [0.2, 0.25) is 5.91 Å². The van der Waals surface area contributed by atoms with Gasteiger partial charge in [-0.25, -0.2) is 4.98 Å². The minimum absolute atomic E-state index is 0.292. The number of likely N-dealkylation sites (tertiary alicyclic amines) is 1. The second kappa shape index (κ2) is 4.34. The molecule has 1 aliphatic carbocycles. The van der Waals surface area contributed by atoms with Crippen LogP contribution in [0.2, 0.25) is 0 Å². The largest absolute Gasteiger partial charge is 0.334 e. The van der Waals surface area contributed by atoms with Crippen molar-refractivity contribution in [3.05, 3.63) is 18.2 Å². The van der Waals surface area contributed by atoms with E-state index in [2.05, 4.69) is 14.5 Å². The molecule has 1 saturated heterocycles. The number of piperidine rings is 1. The molecule has 4 rings (SSSR count). The Labute approximate surface area is 113 Å². The maximum atomic E-state index is 12.4. The first-order valence-electron chi connectivity index (χ1n) is 7.30. The zero-order valence-electron chi connectivity index (χ0n) is 11.2. The zero-order valence-corrected chi connectivity index (χ0v) is 11.2. The van der Waals surface area contributed by atoms with Crippen LogP contribution in [0.4, 0.5) is 0 Å². The van der Waals surface area contributed by atoms with E-state index < -0.39 is 0 Å². The lowest BCUT2D eigenvalue weighted by atomic mass is 10.1. The highest BCUT2D eigenvalue weighted by molar-refractivity contribution is 5.78. The molecule has 1 aromatic heterocycles. The van der Waals surface area contributed by atoms with Crippen LogP contribution in [0.15, 0.2) is 12.5 Å². The molecule has 0 N–H and O–H groups in total. The van der Waals surface area contributed by atoms with Gasteiger partial charge in [0.1, 0.15) is 0 Å². The van der Waals surface area contributed by atoms with Crippen LogP contribution in [-0.4, -0.2) is 50.9 Å². The molecule has 0 aromatic carbocycles. The zero-order chi connectivity index (χ0) is 12.8. The van der Waals surface area contributed by atoms with Gasteiger partial charge >= 0.3 is 0 Å². The van der Waals surface area contributed by atoms with E-state index in [4.69, 9.17) is 0 Å². The molecule has 5 nitrogen and oxygen atoms in total. The molecule has 102 valence electrons. The Morgan fingerprint density at radius 3 is 3.11 bits per heavy atom. The minimum atomic E-state index is 0.292. The summed E-state index contributed by atoms with van der Waals surface area (Å²) in [5.41, 5.74) is 1.16. The molecule has 0 spiro atoms. The third kappa shape index (κ3) is 1.96. The predicted octanol–water partition coefficient (Wildman–Crippen LogP) is 0.710. The van der Waals surface area contributed by atoms with E-state index in [9.17, 15) is 4.79 Å². The predicted molar refractivity (Wildman–Crippen MR) is 70.3 cm³/mol. The molecule has 2 aliphatic heterocycles. The summed E-state index contributed by atoms with van der Waals surface area (Å²) in [7, 11) is 0. The Bertz CT molecular complexity index is 497. The summed E-state index contributed by atoms with van der Waals surface area (Å²) in [6.07, 6.45) is 7.72. The van der Waals surface area contributed by atoms with Crippen molar-refractivity contribution < 1.29 is 4.79 Å². The van der Waals surface area contributed by atoms with Gasteiger partial charge in [-0.1, -0.05) is 0 Å². The van der Waals surface area contributed by atoms with E-state index in [1.165, 1.54) is 19.3 Å². The van der Waals surface area contributed by atoms with Crippen LogP contribution >= 0.6 is 0 Å². The number of fused-ring (bicyclic) bond motifs is 3. The van der Waals surface area contributed by atoms with Crippen molar-refractivity contribution in [3.8, 4) is 0 Å². The Balaban J connectivity index is 1.39. The van der Waals surface area contributed by atoms with Crippen LogP contribution in [0.5, 0.6) is 0 Å². The molecule has 1 amide bonds. The highest BCUT2D eigenvalue weighted by Crippen LogP contribution is 2.37. The van der Waals surface area contributed by atoms with Crippen molar-refractivity contribution in [3.63, 3.8) is 0 Å². The standard InChI is InChI=1S/C14H20N4O/c19-14(9-18-7-11-1-2-12(18)5-11)16-3-4-17-10-15-6-13(17)8-16/h6,10-12H,1-5,7-9H2/t11-,12+/m1/s1. The van der Waals surface area contributed by atoms with Crippen molar-refractivity contribution in [2.24, 2.45) is 5.92 Å². The van der Waals surface area contributed by atoms with Gasteiger partial charge in [0, 0.05) is 31.9 Å². The maximum Gasteiger partial charge on any atom is 0.237 e. The van der Waals surface area contributed by atoms with E-state index in [0.717, 1.165) is 37.8 Å². The van der Waals surface area contributed by atoms with Crippen LogP contribution in [-0.2, 0) is 17.9 Å². The summed E-state index contributed by atoms with van der Waals surface area (Å²) in [5, 5.41) is 0. The number of rotatable bonds is 2. The van der Waals surface area contributed by atoms with E-state index in [1.54, 1.807) is 0 Å². The molecular weight excluding hydrogens is 240 g/mol. The molecule has 0 radical (unpaired) electrons. The summed E-state index contributed by atoms with van der Waals surface area (Å²) < 4.78 is 2.14. The van der Waals surface area contributed by atoms with Crippen molar-refractivity contribution >= 4 is 5.91 Å². The Morgan fingerprint density at radius 1 is 1.37 bits per heavy atom. The number of imidazole rings is 1. The van der Waals surface area contributed by atoms with E-state index in [0.29, 0.717) is 18.5 Å². The average molecular weight is 260 g/mol. The van der Waals surface area contributed by atoms with Crippen molar-refractivity contribution in [2.75, 3.05) is 19.6 Å². The second-order valence-corrected chi connectivity index (χ2v) is 6.16. The summed E-state index contributed by atoms with van der Waals surface area (Å²) in [5.74, 6) is 1.15. The quantitative estimate of drug-likeness (QED) is 0.786. The highest BCUT2D eigenvalue weighted by Gasteiger charge is 2.38. The Hall–Kier alpha value is -1.36. The van der Waals surface area contributed by atoms with Crippen LogP contribution in [0.25, 0.3) is 0 Å². The number of carbonyl (C=O) groups excluding carboxylic acids is 1. The van der Waals surface area contributed by atoms with Gasteiger partial charge in [-0.05, 0) is 25.2 Å². The molecule has 2 bridgehead atoms. The highest BCUT2D eigenvalue weighted by atomic mass is 16.2. The summed E-state index contributed by atoms with van der Waals surface area (Å²) >= 11 is 0. The third-order valence-corrected chi connectivity index (χ3v) is 4.98. The van der Waals surface area contributed by atoms with Gasteiger partial charge < -0.3 is 9.47 Å². The van der Waals surface area contributed by atoms with Crippen LogP contribution in [0, 0.1) is 5.92 Å². The van der Waals surface area contributed by atoms with Crippen molar-refractivity contribution in [1.29, 1.82) is 0 Å². The van der Waals surface area contributed by atoms with Crippen LogP contribution < -0.4 is 0 Å². The van der Waals surface area contributed by atoms with Gasteiger partial charge in [-0.2, -0.15) is 0 Å². The average Bonchev–Trinajstić information content (AvgIpc) is 3.13. The van der Waals surface area contributed by atoms with Gasteiger partial charge in [-0.15, -0.1) is 0 Å². The topological polar surface area (TPSA) is 41.4 Å². The number of nitrogens with zero attached hydrogens (tertiary/aromatic N) is 4. The number of hydrogen-bond acceptors (Lipinski definition) is 3. The maximum absolute atomic E-state index is 12.4. The van der Waals surface area contributed by atoms with Crippen LogP contribution in [0.1, 0.15) is 25.0 Å². The molecule has 19 heavy (non-hydrogen) atoms. The molecule has 5 heteroatoms. The van der Waals surface area contributed by atoms with Crippen molar-refractivity contribution in [2.45, 2.75) is 38.4 Å². The van der Waals surface area contributed by atoms with E-state index >= 15 is 0 Å². The fourth-order valence-corrected chi connectivity index (χ4v) is 3.89. The first-order chi connectivity index (χ1) is 9.29. The normalized spacial score (nSPS) is 29.8. The molecule has 2 atom stereocenters. The number of aromatic nitrogens is 2. The summed E-state index contributed by atoms with van der Waals surface area (Å²) in [6, 6.07) is 0.685. The first-order valence-corrected chi connectivity index (χ1v) is 7.30. The fraction of sp³-hybridized carbons (Fsp3) is 0.714. The first kappa shape index (κ1) is 11.5. The number of hydrogen-bond donors (Lipinski definition) is 0. The molecule has 1 saturated carbocycles. The molecule has 3 heterocycles. The van der Waals surface area contributed by atoms with Crippen LogP contribution in [0.3, 0.4) is 0 Å².